The quantitative estimate of drug-likeness (QED) is 0.853. The molecule has 0 spiro atoms. The Labute approximate surface area is 169 Å². The van der Waals surface area contributed by atoms with Gasteiger partial charge in [0.2, 0.25) is 0 Å². The third-order valence-electron chi connectivity index (χ3n) is 5.47. The number of aromatic nitrogens is 2. The molecule has 1 aromatic carbocycles. The molecule has 4 rings (SSSR count). The molecule has 8 nitrogen and oxygen atoms in total. The Bertz CT molecular complexity index is 915. The monoisotopic (exact) mass is 398 g/mol. The van der Waals surface area contributed by atoms with Crippen LogP contribution in [0.3, 0.4) is 0 Å². The first kappa shape index (κ1) is 19.4. The van der Waals surface area contributed by atoms with Crippen molar-refractivity contribution in [3.8, 4) is 5.75 Å². The van der Waals surface area contributed by atoms with Crippen molar-refractivity contribution in [1.29, 1.82) is 0 Å². The van der Waals surface area contributed by atoms with Gasteiger partial charge in [0.25, 0.3) is 11.8 Å². The van der Waals surface area contributed by atoms with Gasteiger partial charge in [-0.15, -0.1) is 0 Å². The minimum atomic E-state index is -0.0913. The summed E-state index contributed by atoms with van der Waals surface area (Å²) in [5, 5.41) is 7.28. The molecule has 0 aliphatic carbocycles. The molecule has 8 heteroatoms. The van der Waals surface area contributed by atoms with Gasteiger partial charge in [0.15, 0.2) is 5.69 Å². The van der Waals surface area contributed by atoms with Crippen LogP contribution in [0.4, 0.5) is 0 Å². The molecule has 2 aromatic rings. The Hall–Kier alpha value is -2.87. The molecule has 29 heavy (non-hydrogen) atoms. The van der Waals surface area contributed by atoms with Crippen molar-refractivity contribution in [2.45, 2.75) is 39.0 Å². The second kappa shape index (κ2) is 7.87. The molecule has 154 valence electrons. The molecule has 2 amide bonds. The van der Waals surface area contributed by atoms with Gasteiger partial charge in [0.1, 0.15) is 5.75 Å². The summed E-state index contributed by atoms with van der Waals surface area (Å²) in [5.74, 6) is 0.389. The molecular formula is C21H26N4O4. The van der Waals surface area contributed by atoms with E-state index in [-0.39, 0.29) is 24.0 Å². The van der Waals surface area contributed by atoms with E-state index in [9.17, 15) is 9.59 Å². The van der Waals surface area contributed by atoms with E-state index in [0.29, 0.717) is 49.6 Å². The lowest BCUT2D eigenvalue weighted by Gasteiger charge is -2.35. The van der Waals surface area contributed by atoms with Crippen LogP contribution in [0.2, 0.25) is 0 Å². The zero-order valence-corrected chi connectivity index (χ0v) is 17.0. The fourth-order valence-corrected chi connectivity index (χ4v) is 4.15. The Morgan fingerprint density at radius 1 is 1.14 bits per heavy atom. The minimum absolute atomic E-state index is 0.00596. The Balaban J connectivity index is 1.51. The maximum Gasteiger partial charge on any atom is 0.274 e. The largest absolute Gasteiger partial charge is 0.496 e. The molecule has 1 N–H and O–H groups in total. The van der Waals surface area contributed by atoms with E-state index in [0.717, 1.165) is 11.3 Å². The third-order valence-corrected chi connectivity index (χ3v) is 5.47. The van der Waals surface area contributed by atoms with Crippen LogP contribution in [-0.2, 0) is 17.7 Å². The van der Waals surface area contributed by atoms with Crippen LogP contribution in [0, 0.1) is 0 Å². The standard InChI is InChI=1S/C21H26N4O4/c1-13-10-25(11-14(2)29-13)21(27)19-15-8-9-24(12-17(15)22-23-19)20(26)16-6-4-5-7-18(16)28-3/h4-7,13-14H,8-12H2,1-3H3,(H,22,23)/t13-,14+. The smallest absolute Gasteiger partial charge is 0.274 e. The van der Waals surface area contributed by atoms with E-state index >= 15 is 0 Å². The molecule has 3 heterocycles. The van der Waals surface area contributed by atoms with Crippen LogP contribution < -0.4 is 4.74 Å². The summed E-state index contributed by atoms with van der Waals surface area (Å²) in [7, 11) is 1.56. The molecule has 2 aliphatic heterocycles. The number of para-hydroxylation sites is 1. The Morgan fingerprint density at radius 2 is 1.86 bits per heavy atom. The maximum absolute atomic E-state index is 13.0. The number of amides is 2. The van der Waals surface area contributed by atoms with E-state index in [1.807, 2.05) is 30.9 Å². The number of fused-ring (bicyclic) bond motifs is 1. The van der Waals surface area contributed by atoms with Gasteiger partial charge in [-0.1, -0.05) is 12.1 Å². The highest BCUT2D eigenvalue weighted by Gasteiger charge is 2.33. The summed E-state index contributed by atoms with van der Waals surface area (Å²) in [4.78, 5) is 29.6. The fourth-order valence-electron chi connectivity index (χ4n) is 4.15. The normalized spacial score (nSPS) is 21.6. The average Bonchev–Trinajstić information content (AvgIpc) is 3.15. The average molecular weight is 398 g/mol. The first-order valence-corrected chi connectivity index (χ1v) is 9.91. The number of benzene rings is 1. The lowest BCUT2D eigenvalue weighted by Crippen LogP contribution is -2.48. The summed E-state index contributed by atoms with van der Waals surface area (Å²) in [5.41, 5.74) is 2.72. The van der Waals surface area contributed by atoms with Crippen molar-refractivity contribution in [3.05, 3.63) is 46.8 Å². The third kappa shape index (κ3) is 3.72. The second-order valence-electron chi connectivity index (χ2n) is 7.67. The lowest BCUT2D eigenvalue weighted by atomic mass is 10.0. The summed E-state index contributed by atoms with van der Waals surface area (Å²) in [6.45, 7) is 5.98. The Morgan fingerprint density at radius 3 is 2.59 bits per heavy atom. The van der Waals surface area contributed by atoms with Gasteiger partial charge >= 0.3 is 0 Å². The summed E-state index contributed by atoms with van der Waals surface area (Å²) < 4.78 is 11.0. The highest BCUT2D eigenvalue weighted by atomic mass is 16.5. The lowest BCUT2D eigenvalue weighted by molar-refractivity contribution is -0.0587. The van der Waals surface area contributed by atoms with Gasteiger partial charge in [-0.05, 0) is 32.4 Å². The first-order chi connectivity index (χ1) is 14.0. The number of rotatable bonds is 3. The molecule has 2 aliphatic rings. The molecule has 2 atom stereocenters. The fraction of sp³-hybridized carbons (Fsp3) is 0.476. The van der Waals surface area contributed by atoms with Crippen LogP contribution in [0.5, 0.6) is 5.75 Å². The van der Waals surface area contributed by atoms with Crippen LogP contribution >= 0.6 is 0 Å². The number of carbonyl (C=O) groups is 2. The number of nitrogens with zero attached hydrogens (tertiary/aromatic N) is 3. The topological polar surface area (TPSA) is 87.8 Å². The van der Waals surface area contributed by atoms with Gasteiger partial charge in [0.05, 0.1) is 37.1 Å². The molecule has 1 saturated heterocycles. The van der Waals surface area contributed by atoms with E-state index in [1.54, 1.807) is 24.1 Å². The number of ether oxygens (including phenoxy) is 2. The van der Waals surface area contributed by atoms with Gasteiger partial charge < -0.3 is 19.3 Å². The van der Waals surface area contributed by atoms with Crippen molar-refractivity contribution in [3.63, 3.8) is 0 Å². The second-order valence-corrected chi connectivity index (χ2v) is 7.67. The predicted octanol–water partition coefficient (Wildman–Crippen LogP) is 1.87. The number of methoxy groups -OCH3 is 1. The molecular weight excluding hydrogens is 372 g/mol. The van der Waals surface area contributed by atoms with Crippen molar-refractivity contribution in [2.24, 2.45) is 0 Å². The summed E-state index contributed by atoms with van der Waals surface area (Å²) >= 11 is 0. The zero-order valence-electron chi connectivity index (χ0n) is 17.0. The van der Waals surface area contributed by atoms with E-state index in [4.69, 9.17) is 9.47 Å². The van der Waals surface area contributed by atoms with Crippen LogP contribution in [0.1, 0.15) is 46.0 Å². The van der Waals surface area contributed by atoms with Crippen molar-refractivity contribution >= 4 is 11.8 Å². The van der Waals surface area contributed by atoms with E-state index < -0.39 is 0 Å². The van der Waals surface area contributed by atoms with Crippen LogP contribution in [0.15, 0.2) is 24.3 Å². The van der Waals surface area contributed by atoms with Gasteiger partial charge in [0, 0.05) is 25.2 Å². The van der Waals surface area contributed by atoms with Crippen molar-refractivity contribution in [1.82, 2.24) is 20.0 Å². The number of nitrogens with one attached hydrogen (secondary N) is 1. The van der Waals surface area contributed by atoms with Gasteiger partial charge in [-0.25, -0.2) is 0 Å². The number of carbonyl (C=O) groups excluding carboxylic acids is 2. The van der Waals surface area contributed by atoms with Crippen LogP contribution in [0.25, 0.3) is 0 Å². The predicted molar refractivity (Wildman–Crippen MR) is 106 cm³/mol. The number of hydrogen-bond donors (Lipinski definition) is 1. The number of aromatic amines is 1. The van der Waals surface area contributed by atoms with E-state index in [1.165, 1.54) is 0 Å². The van der Waals surface area contributed by atoms with Crippen LogP contribution in [-0.4, -0.2) is 70.8 Å². The van der Waals surface area contributed by atoms with Gasteiger partial charge in [-0.2, -0.15) is 5.10 Å². The molecule has 0 bridgehead atoms. The summed E-state index contributed by atoms with van der Waals surface area (Å²) in [6, 6.07) is 7.20. The number of H-pyrrole nitrogens is 1. The molecule has 1 fully saturated rings. The molecule has 0 saturated carbocycles. The highest BCUT2D eigenvalue weighted by molar-refractivity contribution is 5.97. The Kier molecular flexibility index (Phi) is 5.27. The first-order valence-electron chi connectivity index (χ1n) is 9.91. The van der Waals surface area contributed by atoms with Gasteiger partial charge in [-0.3, -0.25) is 14.7 Å². The highest BCUT2D eigenvalue weighted by Crippen LogP contribution is 2.26. The molecule has 1 aromatic heterocycles. The maximum atomic E-state index is 13.0. The number of morpholine rings is 1. The number of hydrogen-bond acceptors (Lipinski definition) is 5. The SMILES string of the molecule is COc1ccccc1C(=O)N1CCc2c(C(=O)N3C[C@@H](C)O[C@@H](C)C3)n[nH]c2C1. The summed E-state index contributed by atoms with van der Waals surface area (Å²) in [6.07, 6.45) is 0.598. The molecule has 0 unspecified atom stereocenters. The van der Waals surface area contributed by atoms with Crippen molar-refractivity contribution in [2.75, 3.05) is 26.7 Å². The zero-order chi connectivity index (χ0) is 20.5. The molecule has 0 radical (unpaired) electrons. The minimum Gasteiger partial charge on any atom is -0.496 e. The van der Waals surface area contributed by atoms with Crippen molar-refractivity contribution < 1.29 is 19.1 Å². The van der Waals surface area contributed by atoms with E-state index in [2.05, 4.69) is 10.2 Å².